The maximum absolute atomic E-state index is 13.2. The van der Waals surface area contributed by atoms with E-state index in [9.17, 15) is 35.9 Å². The first-order chi connectivity index (χ1) is 16.9. The van der Waals surface area contributed by atoms with Gasteiger partial charge >= 0.3 is 12.4 Å². The molecule has 0 aromatic heterocycles. The Morgan fingerprint density at radius 1 is 0.694 bits per heavy atom. The third-order valence-corrected chi connectivity index (χ3v) is 7.44. The van der Waals surface area contributed by atoms with Crippen LogP contribution in [0.3, 0.4) is 0 Å². The summed E-state index contributed by atoms with van der Waals surface area (Å²) in [5.74, 6) is -1.38. The topological polar surface area (TPSA) is 58.2 Å². The molecule has 0 bridgehead atoms. The van der Waals surface area contributed by atoms with Gasteiger partial charge in [-0.2, -0.15) is 26.3 Å². The Balaban J connectivity index is 2.37. The van der Waals surface area contributed by atoms with E-state index in [0.717, 1.165) is 70.8 Å². The van der Waals surface area contributed by atoms with Crippen molar-refractivity contribution in [3.05, 3.63) is 58.7 Å². The van der Waals surface area contributed by atoms with Crippen LogP contribution in [0.25, 0.3) is 0 Å². The highest BCUT2D eigenvalue weighted by Gasteiger charge is 2.33. The fourth-order valence-electron chi connectivity index (χ4n) is 2.95. The molecule has 2 N–H and O–H groups in total. The van der Waals surface area contributed by atoms with Gasteiger partial charge < -0.3 is 10.6 Å². The summed E-state index contributed by atoms with van der Waals surface area (Å²) in [4.78, 5) is 25.6. The zero-order chi connectivity index (χ0) is 26.9. The van der Waals surface area contributed by atoms with Crippen LogP contribution in [-0.4, -0.2) is 24.9 Å². The summed E-state index contributed by atoms with van der Waals surface area (Å²) in [6, 6.07) is 5.43. The first-order valence-corrected chi connectivity index (χ1v) is 13.4. The van der Waals surface area contributed by atoms with Gasteiger partial charge in [0.2, 0.25) is 0 Å². The average Bonchev–Trinajstić information content (AvgIpc) is 2.81. The summed E-state index contributed by atoms with van der Waals surface area (Å²) < 4.78 is 79.5. The smallest absolute Gasteiger partial charge is 0.352 e. The molecule has 0 aliphatic carbocycles. The zero-order valence-electron chi connectivity index (χ0n) is 19.6. The van der Waals surface area contributed by atoms with E-state index >= 15 is 0 Å². The molecule has 0 heterocycles. The Bertz CT molecular complexity index is 974. The highest BCUT2D eigenvalue weighted by atomic mass is 33.1. The SMILES string of the molecule is CCCCNC(=O)c1cc(C(F)(F)F)ccc1SSc1ccc(C(F)(F)F)cc1C(=O)NCCCC. The van der Waals surface area contributed by atoms with Gasteiger partial charge in [0.15, 0.2) is 0 Å². The van der Waals surface area contributed by atoms with Crippen LogP contribution in [0.1, 0.15) is 71.4 Å². The molecule has 0 unspecified atom stereocenters. The van der Waals surface area contributed by atoms with E-state index in [1.54, 1.807) is 0 Å². The van der Waals surface area contributed by atoms with Crippen LogP contribution in [0.2, 0.25) is 0 Å². The van der Waals surface area contributed by atoms with E-state index in [-0.39, 0.29) is 34.0 Å². The van der Waals surface area contributed by atoms with Crippen molar-refractivity contribution < 1.29 is 35.9 Å². The van der Waals surface area contributed by atoms with E-state index in [0.29, 0.717) is 12.8 Å². The van der Waals surface area contributed by atoms with E-state index < -0.39 is 35.3 Å². The van der Waals surface area contributed by atoms with Crippen molar-refractivity contribution in [3.63, 3.8) is 0 Å². The summed E-state index contributed by atoms with van der Waals surface area (Å²) in [7, 11) is 1.78. The molecular weight excluding hydrogens is 526 g/mol. The van der Waals surface area contributed by atoms with Crippen molar-refractivity contribution in [3.8, 4) is 0 Å². The first-order valence-electron chi connectivity index (χ1n) is 11.2. The van der Waals surface area contributed by atoms with Crippen molar-refractivity contribution in [1.29, 1.82) is 0 Å². The molecule has 0 atom stereocenters. The quantitative estimate of drug-likeness (QED) is 0.171. The van der Waals surface area contributed by atoms with Crippen molar-refractivity contribution in [1.82, 2.24) is 10.6 Å². The minimum absolute atomic E-state index is 0.180. The van der Waals surface area contributed by atoms with Crippen LogP contribution in [0.5, 0.6) is 0 Å². The molecule has 12 heteroatoms. The monoisotopic (exact) mass is 552 g/mol. The Kier molecular flexibility index (Phi) is 11.0. The van der Waals surface area contributed by atoms with Gasteiger partial charge in [-0.15, -0.1) is 0 Å². The van der Waals surface area contributed by atoms with Gasteiger partial charge in [0.1, 0.15) is 0 Å². The fraction of sp³-hybridized carbons (Fsp3) is 0.417. The third kappa shape index (κ3) is 8.65. The molecule has 36 heavy (non-hydrogen) atoms. The number of halogens is 6. The molecule has 0 saturated heterocycles. The lowest BCUT2D eigenvalue weighted by molar-refractivity contribution is -0.138. The molecule has 2 aromatic rings. The van der Waals surface area contributed by atoms with Gasteiger partial charge in [-0.25, -0.2) is 0 Å². The minimum atomic E-state index is -4.66. The Morgan fingerprint density at radius 3 is 1.36 bits per heavy atom. The number of benzene rings is 2. The van der Waals surface area contributed by atoms with Gasteiger partial charge in [-0.1, -0.05) is 48.3 Å². The predicted octanol–water partition coefficient (Wildman–Crippen LogP) is 7.58. The molecule has 2 aromatic carbocycles. The highest BCUT2D eigenvalue weighted by molar-refractivity contribution is 8.76. The number of hydrogen-bond donors (Lipinski definition) is 2. The van der Waals surface area contributed by atoms with Crippen LogP contribution in [0.4, 0.5) is 26.3 Å². The largest absolute Gasteiger partial charge is 0.416 e. The van der Waals surface area contributed by atoms with Crippen LogP contribution in [0.15, 0.2) is 46.2 Å². The van der Waals surface area contributed by atoms with Crippen molar-refractivity contribution in [2.45, 2.75) is 61.7 Å². The van der Waals surface area contributed by atoms with Gasteiger partial charge in [0, 0.05) is 22.9 Å². The summed E-state index contributed by atoms with van der Waals surface area (Å²) in [6.45, 7) is 4.36. The molecule has 0 spiro atoms. The van der Waals surface area contributed by atoms with Crippen molar-refractivity contribution in [2.75, 3.05) is 13.1 Å². The molecule has 2 amide bonds. The van der Waals surface area contributed by atoms with Gasteiger partial charge in [0.25, 0.3) is 11.8 Å². The van der Waals surface area contributed by atoms with Crippen molar-refractivity contribution in [2.24, 2.45) is 0 Å². The predicted molar refractivity (Wildman–Crippen MR) is 129 cm³/mol. The van der Waals surface area contributed by atoms with Crippen LogP contribution >= 0.6 is 21.6 Å². The molecule has 0 radical (unpaired) electrons. The second-order valence-corrected chi connectivity index (χ2v) is 10.0. The number of amides is 2. The summed E-state index contributed by atoms with van der Waals surface area (Å²) in [5, 5.41) is 5.16. The number of alkyl halides is 6. The Labute approximate surface area is 213 Å². The van der Waals surface area contributed by atoms with Gasteiger partial charge in [-0.05, 0) is 49.2 Å². The lowest BCUT2D eigenvalue weighted by Crippen LogP contribution is -2.25. The standard InChI is InChI=1S/C24H26F6N2O2S2/c1-3-5-11-31-21(33)17-13-15(23(25,26)27)7-9-19(17)35-36-20-10-8-16(24(28,29)30)14-18(20)22(34)32-12-6-4-2/h7-10,13-14H,3-6,11-12H2,1-2H3,(H,31,33)(H,32,34). The number of hydrogen-bond acceptors (Lipinski definition) is 4. The molecule has 198 valence electrons. The van der Waals surface area contributed by atoms with E-state index in [2.05, 4.69) is 10.6 Å². The lowest BCUT2D eigenvalue weighted by Gasteiger charge is -2.15. The van der Waals surface area contributed by atoms with Gasteiger partial charge in [-0.3, -0.25) is 9.59 Å². The number of rotatable bonds is 11. The van der Waals surface area contributed by atoms with E-state index in [4.69, 9.17) is 0 Å². The molecular formula is C24H26F6N2O2S2. The maximum Gasteiger partial charge on any atom is 0.416 e. The maximum atomic E-state index is 13.2. The molecule has 0 aliphatic heterocycles. The molecule has 0 saturated carbocycles. The molecule has 0 aliphatic rings. The number of unbranched alkanes of at least 4 members (excludes halogenated alkanes) is 2. The second-order valence-electron chi connectivity index (χ2n) is 7.80. The third-order valence-electron chi connectivity index (χ3n) is 4.96. The summed E-state index contributed by atoms with van der Waals surface area (Å²) in [5.41, 5.74) is -2.41. The number of nitrogens with one attached hydrogen (secondary N) is 2. The van der Waals surface area contributed by atoms with Crippen LogP contribution < -0.4 is 10.6 Å². The second kappa shape index (κ2) is 13.3. The van der Waals surface area contributed by atoms with Crippen LogP contribution in [0, 0.1) is 0 Å². The lowest BCUT2D eigenvalue weighted by atomic mass is 10.1. The van der Waals surface area contributed by atoms with E-state index in [1.165, 1.54) is 0 Å². The van der Waals surface area contributed by atoms with Crippen LogP contribution in [-0.2, 0) is 12.4 Å². The summed E-state index contributed by atoms with van der Waals surface area (Å²) >= 11 is 0. The van der Waals surface area contributed by atoms with E-state index in [1.807, 2.05) is 13.8 Å². The first kappa shape index (κ1) is 29.9. The normalized spacial score (nSPS) is 11.9. The zero-order valence-corrected chi connectivity index (χ0v) is 21.2. The number of carbonyl (C=O) groups excluding carboxylic acids is 2. The number of carbonyl (C=O) groups is 2. The Morgan fingerprint density at radius 2 is 1.06 bits per heavy atom. The average molecular weight is 553 g/mol. The molecule has 0 fully saturated rings. The molecule has 2 rings (SSSR count). The minimum Gasteiger partial charge on any atom is -0.352 e. The fourth-order valence-corrected chi connectivity index (χ4v) is 5.27. The Hall–Kier alpha value is -2.34. The van der Waals surface area contributed by atoms with Crippen molar-refractivity contribution >= 4 is 33.4 Å². The molecule has 4 nitrogen and oxygen atoms in total. The van der Waals surface area contributed by atoms with Gasteiger partial charge in [0.05, 0.1) is 22.3 Å². The highest BCUT2D eigenvalue weighted by Crippen LogP contribution is 2.43. The summed E-state index contributed by atoms with van der Waals surface area (Å²) in [6.07, 6.45) is -6.49.